The van der Waals surface area contributed by atoms with E-state index in [9.17, 15) is 5.11 Å². The lowest BCUT2D eigenvalue weighted by atomic mass is 10.0. The van der Waals surface area contributed by atoms with Crippen LogP contribution in [0.1, 0.15) is 43.3 Å². The van der Waals surface area contributed by atoms with Crippen molar-refractivity contribution >= 4 is 0 Å². The molecule has 0 spiro atoms. The van der Waals surface area contributed by atoms with Crippen molar-refractivity contribution in [3.05, 3.63) is 52.8 Å². The van der Waals surface area contributed by atoms with Crippen LogP contribution in [-0.4, -0.2) is 31.9 Å². The molecule has 23 heavy (non-hydrogen) atoms. The molecule has 0 aliphatic heterocycles. The average molecular weight is 315 g/mol. The number of nitrogens with zero attached hydrogens (tertiary/aromatic N) is 3. The number of hydrogen-bond donors (Lipinski definition) is 1. The topological polar surface area (TPSA) is 41.3 Å². The van der Waals surface area contributed by atoms with Crippen LogP contribution in [0, 0.1) is 13.8 Å². The Kier molecular flexibility index (Phi) is 5.60. The first-order valence-corrected chi connectivity index (χ1v) is 8.25. The minimum absolute atomic E-state index is 0.0633. The second-order valence-corrected chi connectivity index (χ2v) is 7.11. The van der Waals surface area contributed by atoms with E-state index in [1.165, 1.54) is 11.1 Å². The summed E-state index contributed by atoms with van der Waals surface area (Å²) in [7, 11) is 0. The molecule has 0 atom stereocenters. The second kappa shape index (κ2) is 7.28. The predicted octanol–water partition coefficient (Wildman–Crippen LogP) is 3.29. The molecule has 4 heteroatoms. The zero-order valence-corrected chi connectivity index (χ0v) is 15.0. The van der Waals surface area contributed by atoms with Gasteiger partial charge in [-0.15, -0.1) is 0 Å². The highest BCUT2D eigenvalue weighted by Crippen LogP contribution is 2.23. The van der Waals surface area contributed by atoms with Crippen LogP contribution < -0.4 is 0 Å². The summed E-state index contributed by atoms with van der Waals surface area (Å²) >= 11 is 0. The summed E-state index contributed by atoms with van der Waals surface area (Å²) in [5.41, 5.74) is 4.86. The van der Waals surface area contributed by atoms with Gasteiger partial charge in [-0.1, -0.05) is 30.3 Å². The predicted molar refractivity (Wildman–Crippen MR) is 94.2 cm³/mol. The van der Waals surface area contributed by atoms with Gasteiger partial charge >= 0.3 is 0 Å². The molecule has 1 aromatic carbocycles. The zero-order chi connectivity index (χ0) is 17.0. The van der Waals surface area contributed by atoms with Crippen molar-refractivity contribution in [2.45, 2.75) is 59.8 Å². The van der Waals surface area contributed by atoms with Crippen LogP contribution in [0.5, 0.6) is 0 Å². The quantitative estimate of drug-likeness (QED) is 0.889. The highest BCUT2D eigenvalue weighted by molar-refractivity contribution is 5.25. The van der Waals surface area contributed by atoms with Crippen LogP contribution in [0.25, 0.3) is 0 Å². The van der Waals surface area contributed by atoms with Gasteiger partial charge in [0.2, 0.25) is 0 Å². The van der Waals surface area contributed by atoms with Crippen LogP contribution in [0.4, 0.5) is 0 Å². The molecule has 2 rings (SSSR count). The SMILES string of the molecule is Cc1nn(CCO)c(C)c1CN(Cc1ccccc1)C(C)(C)C. The van der Waals surface area contributed by atoms with Gasteiger partial charge in [-0.25, -0.2) is 0 Å². The van der Waals surface area contributed by atoms with E-state index >= 15 is 0 Å². The van der Waals surface area contributed by atoms with E-state index in [1.807, 2.05) is 4.68 Å². The largest absolute Gasteiger partial charge is 0.394 e. The van der Waals surface area contributed by atoms with Crippen LogP contribution >= 0.6 is 0 Å². The molecule has 0 aliphatic carbocycles. The molecule has 0 aliphatic rings. The Balaban J connectivity index is 2.25. The maximum absolute atomic E-state index is 9.18. The molecule has 126 valence electrons. The first-order valence-electron chi connectivity index (χ1n) is 8.25. The average Bonchev–Trinajstić information content (AvgIpc) is 2.74. The second-order valence-electron chi connectivity index (χ2n) is 7.11. The van der Waals surface area contributed by atoms with Crippen LogP contribution in [0.15, 0.2) is 30.3 Å². The van der Waals surface area contributed by atoms with Gasteiger partial charge in [0.1, 0.15) is 0 Å². The Hall–Kier alpha value is -1.65. The monoisotopic (exact) mass is 315 g/mol. The standard InChI is InChI=1S/C19H29N3O/c1-15-18(16(2)22(20-15)11-12-23)14-21(19(3,4)5)13-17-9-7-6-8-10-17/h6-10,23H,11-14H2,1-5H3. The fraction of sp³-hybridized carbons (Fsp3) is 0.526. The van der Waals surface area contributed by atoms with Crippen molar-refractivity contribution in [3.8, 4) is 0 Å². The fourth-order valence-electron chi connectivity index (χ4n) is 2.80. The van der Waals surface area contributed by atoms with E-state index in [-0.39, 0.29) is 12.1 Å². The summed E-state index contributed by atoms with van der Waals surface area (Å²) in [5, 5.41) is 13.8. The molecule has 0 amide bonds. The zero-order valence-electron chi connectivity index (χ0n) is 15.0. The summed E-state index contributed by atoms with van der Waals surface area (Å²) < 4.78 is 1.91. The summed E-state index contributed by atoms with van der Waals surface area (Å²) in [4.78, 5) is 2.47. The lowest BCUT2D eigenvalue weighted by Gasteiger charge is -2.36. The highest BCUT2D eigenvalue weighted by Gasteiger charge is 2.24. The Morgan fingerprint density at radius 3 is 2.30 bits per heavy atom. The highest BCUT2D eigenvalue weighted by atomic mass is 16.3. The van der Waals surface area contributed by atoms with Crippen molar-refractivity contribution < 1.29 is 5.11 Å². The Morgan fingerprint density at radius 1 is 1.09 bits per heavy atom. The third-order valence-electron chi connectivity index (χ3n) is 4.36. The Labute approximate surface area is 139 Å². The molecular weight excluding hydrogens is 286 g/mol. The smallest absolute Gasteiger partial charge is 0.0644 e. The van der Waals surface area contributed by atoms with Gasteiger partial charge in [-0.2, -0.15) is 5.10 Å². The molecule has 1 N–H and O–H groups in total. The van der Waals surface area contributed by atoms with Gasteiger partial charge in [-0.3, -0.25) is 9.58 Å². The third kappa shape index (κ3) is 4.43. The van der Waals surface area contributed by atoms with Gasteiger partial charge in [0.25, 0.3) is 0 Å². The Morgan fingerprint density at radius 2 is 1.74 bits per heavy atom. The minimum atomic E-state index is 0.0633. The van der Waals surface area contributed by atoms with Gasteiger partial charge in [-0.05, 0) is 40.2 Å². The molecule has 1 aromatic heterocycles. The van der Waals surface area contributed by atoms with Gasteiger partial charge in [0.15, 0.2) is 0 Å². The molecule has 0 bridgehead atoms. The van der Waals surface area contributed by atoms with E-state index in [0.29, 0.717) is 6.54 Å². The van der Waals surface area contributed by atoms with Crippen molar-refractivity contribution in [3.63, 3.8) is 0 Å². The fourth-order valence-corrected chi connectivity index (χ4v) is 2.80. The van der Waals surface area contributed by atoms with Gasteiger partial charge < -0.3 is 5.11 Å². The number of aliphatic hydroxyl groups is 1. The van der Waals surface area contributed by atoms with Crippen molar-refractivity contribution in [2.75, 3.05) is 6.61 Å². The molecule has 0 saturated carbocycles. The number of benzene rings is 1. The lowest BCUT2D eigenvalue weighted by Crippen LogP contribution is -2.40. The normalized spacial score (nSPS) is 12.1. The number of aromatic nitrogens is 2. The molecular formula is C19H29N3O. The van der Waals surface area contributed by atoms with E-state index in [1.54, 1.807) is 0 Å². The molecule has 2 aromatic rings. The van der Waals surface area contributed by atoms with E-state index in [2.05, 4.69) is 74.9 Å². The summed E-state index contributed by atoms with van der Waals surface area (Å²) in [5.74, 6) is 0. The van der Waals surface area contributed by atoms with Crippen molar-refractivity contribution in [1.29, 1.82) is 0 Å². The number of rotatable bonds is 6. The van der Waals surface area contributed by atoms with E-state index in [4.69, 9.17) is 0 Å². The van der Waals surface area contributed by atoms with Gasteiger partial charge in [0, 0.05) is 29.9 Å². The number of aliphatic hydroxyl groups excluding tert-OH is 1. The molecule has 1 heterocycles. The molecule has 0 unspecified atom stereocenters. The van der Waals surface area contributed by atoms with E-state index < -0.39 is 0 Å². The van der Waals surface area contributed by atoms with Crippen LogP contribution in [0.3, 0.4) is 0 Å². The maximum atomic E-state index is 9.18. The number of hydrogen-bond acceptors (Lipinski definition) is 3. The van der Waals surface area contributed by atoms with E-state index in [0.717, 1.165) is 24.5 Å². The summed E-state index contributed by atoms with van der Waals surface area (Å²) in [6, 6.07) is 10.6. The number of aryl methyl sites for hydroxylation is 1. The Bertz CT molecular complexity index is 626. The van der Waals surface area contributed by atoms with Crippen molar-refractivity contribution in [1.82, 2.24) is 14.7 Å². The molecule has 0 radical (unpaired) electrons. The molecule has 0 saturated heterocycles. The first-order chi connectivity index (χ1) is 10.8. The van der Waals surface area contributed by atoms with Gasteiger partial charge in [0.05, 0.1) is 18.8 Å². The first kappa shape index (κ1) is 17.7. The molecule has 0 fully saturated rings. The van der Waals surface area contributed by atoms with Crippen LogP contribution in [-0.2, 0) is 19.6 Å². The third-order valence-corrected chi connectivity index (χ3v) is 4.36. The summed E-state index contributed by atoms with van der Waals surface area (Å²) in [6.45, 7) is 13.3. The molecule has 4 nitrogen and oxygen atoms in total. The maximum Gasteiger partial charge on any atom is 0.0644 e. The summed E-state index contributed by atoms with van der Waals surface area (Å²) in [6.07, 6.45) is 0. The van der Waals surface area contributed by atoms with Crippen molar-refractivity contribution in [2.24, 2.45) is 0 Å². The minimum Gasteiger partial charge on any atom is -0.394 e. The van der Waals surface area contributed by atoms with Crippen LogP contribution in [0.2, 0.25) is 0 Å². The lowest BCUT2D eigenvalue weighted by molar-refractivity contribution is 0.118.